The number of rotatable bonds is 29. The van der Waals surface area contributed by atoms with Crippen molar-refractivity contribution < 1.29 is 19.5 Å². The number of hydrogen-bond donors (Lipinski definition) is 3. The molecule has 0 fully saturated rings. The van der Waals surface area contributed by atoms with E-state index in [2.05, 4.69) is 43.1 Å². The standard InChI is InChI=1S/C33H63N3O4/c1-4-7-10-11-12-13-14-15-16-17-18-19-20-21-22-24-30(37)33(40,32(34)39)29-31(38)35-25-23-28-36(26-8-5-2)27-9-6-3/h15-16,40H,4-14,17-29H2,1-3H3,(H2,34,39)(H,35,38)/b16-15-. The minimum Gasteiger partial charge on any atom is -0.373 e. The number of nitrogens with two attached hydrogens (primary N) is 1. The summed E-state index contributed by atoms with van der Waals surface area (Å²) in [6, 6.07) is 0. The van der Waals surface area contributed by atoms with Gasteiger partial charge in [-0.1, -0.05) is 97.1 Å². The summed E-state index contributed by atoms with van der Waals surface area (Å²) in [5, 5.41) is 13.4. The molecule has 0 aromatic heterocycles. The Morgan fingerprint density at radius 1 is 0.700 bits per heavy atom. The molecule has 0 aliphatic heterocycles. The molecule has 0 radical (unpaired) electrons. The van der Waals surface area contributed by atoms with E-state index in [1.165, 1.54) is 44.9 Å². The predicted octanol–water partition coefficient (Wildman–Crippen LogP) is 6.61. The first-order valence-electron chi connectivity index (χ1n) is 16.5. The number of carbonyl (C=O) groups is 3. The Kier molecular flexibility index (Phi) is 25.1. The highest BCUT2D eigenvalue weighted by atomic mass is 16.3. The first-order valence-corrected chi connectivity index (χ1v) is 16.5. The van der Waals surface area contributed by atoms with Crippen molar-refractivity contribution in [2.75, 3.05) is 26.2 Å². The minimum atomic E-state index is -2.43. The summed E-state index contributed by atoms with van der Waals surface area (Å²) in [7, 11) is 0. The normalized spacial score (nSPS) is 13.1. The van der Waals surface area contributed by atoms with Crippen LogP contribution < -0.4 is 11.1 Å². The molecule has 2 amide bonds. The van der Waals surface area contributed by atoms with E-state index in [9.17, 15) is 19.5 Å². The summed E-state index contributed by atoms with van der Waals surface area (Å²) in [4.78, 5) is 39.4. The third kappa shape index (κ3) is 20.2. The van der Waals surface area contributed by atoms with Gasteiger partial charge in [0, 0.05) is 13.0 Å². The molecule has 7 nitrogen and oxygen atoms in total. The molecule has 1 unspecified atom stereocenters. The average Bonchev–Trinajstić information content (AvgIpc) is 2.93. The van der Waals surface area contributed by atoms with Crippen LogP contribution in [0.5, 0.6) is 0 Å². The van der Waals surface area contributed by atoms with Crippen molar-refractivity contribution in [1.82, 2.24) is 10.2 Å². The van der Waals surface area contributed by atoms with Gasteiger partial charge in [-0.15, -0.1) is 0 Å². The van der Waals surface area contributed by atoms with Crippen LogP contribution in [0.3, 0.4) is 0 Å². The van der Waals surface area contributed by atoms with Crippen LogP contribution in [0.1, 0.15) is 149 Å². The van der Waals surface area contributed by atoms with Crippen molar-refractivity contribution in [2.24, 2.45) is 5.73 Å². The second kappa shape index (κ2) is 26.2. The van der Waals surface area contributed by atoms with Gasteiger partial charge in [-0.05, 0) is 71.0 Å². The number of nitrogens with zero attached hydrogens (tertiary/aromatic N) is 1. The fourth-order valence-electron chi connectivity index (χ4n) is 4.81. The molecule has 0 spiro atoms. The number of nitrogens with one attached hydrogen (secondary N) is 1. The van der Waals surface area contributed by atoms with Crippen LogP contribution in [0.2, 0.25) is 0 Å². The number of ketones is 1. The predicted molar refractivity (Wildman–Crippen MR) is 167 cm³/mol. The van der Waals surface area contributed by atoms with E-state index in [4.69, 9.17) is 5.73 Å². The van der Waals surface area contributed by atoms with Gasteiger partial charge in [-0.25, -0.2) is 0 Å². The number of allylic oxidation sites excluding steroid dienone is 2. The molecular weight excluding hydrogens is 502 g/mol. The van der Waals surface area contributed by atoms with Gasteiger partial charge in [0.15, 0.2) is 5.78 Å². The number of amides is 2. The van der Waals surface area contributed by atoms with Crippen LogP contribution in [0.15, 0.2) is 12.2 Å². The zero-order valence-corrected chi connectivity index (χ0v) is 26.3. The maximum absolute atomic E-state index is 12.6. The third-order valence-electron chi connectivity index (χ3n) is 7.58. The maximum Gasteiger partial charge on any atom is 0.257 e. The Balaban J connectivity index is 4.14. The van der Waals surface area contributed by atoms with E-state index in [1.54, 1.807) is 0 Å². The molecule has 7 heteroatoms. The van der Waals surface area contributed by atoms with Crippen LogP contribution in [-0.4, -0.2) is 59.4 Å². The summed E-state index contributed by atoms with van der Waals surface area (Å²) in [6.45, 7) is 10.0. The highest BCUT2D eigenvalue weighted by Crippen LogP contribution is 2.17. The zero-order chi connectivity index (χ0) is 29.9. The molecule has 234 valence electrons. The van der Waals surface area contributed by atoms with E-state index in [0.717, 1.165) is 83.8 Å². The van der Waals surface area contributed by atoms with Gasteiger partial charge in [0.25, 0.3) is 5.91 Å². The van der Waals surface area contributed by atoms with E-state index in [-0.39, 0.29) is 6.42 Å². The van der Waals surface area contributed by atoms with Crippen LogP contribution in [0.4, 0.5) is 0 Å². The highest BCUT2D eigenvalue weighted by Gasteiger charge is 2.43. The van der Waals surface area contributed by atoms with Crippen molar-refractivity contribution in [2.45, 2.75) is 155 Å². The van der Waals surface area contributed by atoms with Gasteiger partial charge in [-0.2, -0.15) is 0 Å². The molecule has 0 aromatic carbocycles. The monoisotopic (exact) mass is 565 g/mol. The Morgan fingerprint density at radius 3 is 1.70 bits per heavy atom. The fourth-order valence-corrected chi connectivity index (χ4v) is 4.81. The number of Topliss-reactive ketones (excluding diaryl/α,β-unsaturated/α-hetero) is 1. The molecule has 0 heterocycles. The van der Waals surface area contributed by atoms with Crippen molar-refractivity contribution in [1.29, 1.82) is 0 Å². The maximum atomic E-state index is 12.6. The number of hydrogen-bond acceptors (Lipinski definition) is 5. The molecule has 0 saturated carbocycles. The van der Waals surface area contributed by atoms with E-state index < -0.39 is 29.6 Å². The van der Waals surface area contributed by atoms with Gasteiger partial charge >= 0.3 is 0 Å². The van der Waals surface area contributed by atoms with Crippen LogP contribution in [-0.2, 0) is 14.4 Å². The summed E-state index contributed by atoms with van der Waals surface area (Å²) >= 11 is 0. The first kappa shape index (κ1) is 38.3. The molecule has 4 N–H and O–H groups in total. The average molecular weight is 566 g/mol. The molecule has 0 aliphatic rings. The number of aliphatic hydroxyl groups is 1. The summed E-state index contributed by atoms with van der Waals surface area (Å²) in [5.74, 6) is -2.32. The lowest BCUT2D eigenvalue weighted by atomic mass is 9.89. The molecule has 0 saturated heterocycles. The molecule has 0 aliphatic carbocycles. The van der Waals surface area contributed by atoms with Gasteiger partial charge in [-0.3, -0.25) is 14.4 Å². The van der Waals surface area contributed by atoms with E-state index >= 15 is 0 Å². The van der Waals surface area contributed by atoms with Crippen molar-refractivity contribution >= 4 is 17.6 Å². The molecule has 1 atom stereocenters. The van der Waals surface area contributed by atoms with Crippen molar-refractivity contribution in [3.8, 4) is 0 Å². The highest BCUT2D eigenvalue weighted by molar-refractivity contribution is 6.11. The van der Waals surface area contributed by atoms with Crippen LogP contribution >= 0.6 is 0 Å². The molecule has 0 aromatic rings. The van der Waals surface area contributed by atoms with Crippen LogP contribution in [0, 0.1) is 0 Å². The van der Waals surface area contributed by atoms with Crippen molar-refractivity contribution in [3.63, 3.8) is 0 Å². The minimum absolute atomic E-state index is 0.0503. The lowest BCUT2D eigenvalue weighted by Crippen LogP contribution is -2.53. The Hall–Kier alpha value is -1.73. The first-order chi connectivity index (χ1) is 19.3. The Labute approximate surface area is 246 Å². The van der Waals surface area contributed by atoms with Crippen LogP contribution in [0.25, 0.3) is 0 Å². The van der Waals surface area contributed by atoms with Gasteiger partial charge in [0.05, 0.1) is 6.42 Å². The Morgan fingerprint density at radius 2 is 1.18 bits per heavy atom. The second-order valence-corrected chi connectivity index (χ2v) is 11.4. The molecule has 0 bridgehead atoms. The van der Waals surface area contributed by atoms with Gasteiger partial charge in [0.1, 0.15) is 0 Å². The number of primary amides is 1. The second-order valence-electron chi connectivity index (χ2n) is 11.4. The lowest BCUT2D eigenvalue weighted by Gasteiger charge is -2.23. The smallest absolute Gasteiger partial charge is 0.257 e. The number of unbranched alkanes of at least 4 members (excludes halogenated alkanes) is 13. The quantitative estimate of drug-likeness (QED) is 0.0537. The summed E-state index contributed by atoms with van der Waals surface area (Å²) < 4.78 is 0. The van der Waals surface area contributed by atoms with Crippen molar-refractivity contribution in [3.05, 3.63) is 12.2 Å². The third-order valence-corrected chi connectivity index (χ3v) is 7.58. The molecule has 40 heavy (non-hydrogen) atoms. The fraction of sp³-hybridized carbons (Fsp3) is 0.848. The number of carbonyl (C=O) groups excluding carboxylic acids is 3. The van der Waals surface area contributed by atoms with E-state index in [1.807, 2.05) is 0 Å². The Bertz CT molecular complexity index is 675. The summed E-state index contributed by atoms with van der Waals surface area (Å²) in [6.07, 6.45) is 24.3. The molecule has 0 rings (SSSR count). The molecular formula is C33H63N3O4. The van der Waals surface area contributed by atoms with Gasteiger partial charge in [0.2, 0.25) is 11.5 Å². The van der Waals surface area contributed by atoms with Gasteiger partial charge < -0.3 is 21.1 Å². The lowest BCUT2D eigenvalue weighted by molar-refractivity contribution is -0.154. The summed E-state index contributed by atoms with van der Waals surface area (Å²) in [5.41, 5.74) is 2.93. The zero-order valence-electron chi connectivity index (χ0n) is 26.3. The largest absolute Gasteiger partial charge is 0.373 e. The SMILES string of the molecule is CCCCCCCC/C=C\CCCCCCCC(=O)C(O)(CC(=O)NCCCN(CCCC)CCCC)C(N)=O. The topological polar surface area (TPSA) is 113 Å². The van der Waals surface area contributed by atoms with E-state index in [0.29, 0.717) is 13.0 Å².